The van der Waals surface area contributed by atoms with Gasteiger partial charge < -0.3 is 9.47 Å². The number of carbonyl (C=O) groups is 1. The Kier molecular flexibility index (Phi) is 5.27. The third-order valence-corrected chi connectivity index (χ3v) is 5.99. The van der Waals surface area contributed by atoms with Crippen LogP contribution in [0, 0.1) is 0 Å². The highest BCUT2D eigenvalue weighted by atomic mass is 35.5. The minimum absolute atomic E-state index is 0.0433. The van der Waals surface area contributed by atoms with E-state index in [0.717, 1.165) is 23.4 Å². The van der Waals surface area contributed by atoms with Gasteiger partial charge in [0.15, 0.2) is 0 Å². The standard InChI is InChI=1S/C24H25ClN2O/c1-17(2)18-10-12-20(13-11-18)23-21-9-6-14-26(21)15-16-27(23)24(28)22(25)19-7-4-3-5-8-19/h3-14,17,22-23H,15-16H2,1-2H3. The van der Waals surface area contributed by atoms with Gasteiger partial charge in [-0.2, -0.15) is 0 Å². The van der Waals surface area contributed by atoms with Crippen molar-refractivity contribution in [3.05, 3.63) is 95.3 Å². The number of benzene rings is 2. The van der Waals surface area contributed by atoms with E-state index in [0.29, 0.717) is 12.5 Å². The summed E-state index contributed by atoms with van der Waals surface area (Å²) in [5.74, 6) is 0.436. The van der Waals surface area contributed by atoms with Gasteiger partial charge in [-0.1, -0.05) is 68.4 Å². The first-order valence-corrected chi connectivity index (χ1v) is 10.2. The maximum Gasteiger partial charge on any atom is 0.246 e. The molecule has 28 heavy (non-hydrogen) atoms. The zero-order chi connectivity index (χ0) is 19.7. The Morgan fingerprint density at radius 3 is 2.32 bits per heavy atom. The summed E-state index contributed by atoms with van der Waals surface area (Å²) < 4.78 is 2.23. The first-order valence-electron chi connectivity index (χ1n) is 9.80. The number of amides is 1. The third-order valence-electron chi connectivity index (χ3n) is 5.55. The molecule has 1 aromatic heterocycles. The van der Waals surface area contributed by atoms with E-state index >= 15 is 0 Å². The fourth-order valence-corrected chi connectivity index (χ4v) is 4.22. The molecule has 0 aliphatic carbocycles. The van der Waals surface area contributed by atoms with Gasteiger partial charge >= 0.3 is 0 Å². The molecule has 0 saturated carbocycles. The molecule has 0 spiro atoms. The van der Waals surface area contributed by atoms with Crippen LogP contribution in [0.2, 0.25) is 0 Å². The van der Waals surface area contributed by atoms with Crippen LogP contribution in [0.3, 0.4) is 0 Å². The summed E-state index contributed by atoms with van der Waals surface area (Å²) in [7, 11) is 0. The number of aromatic nitrogens is 1. The van der Waals surface area contributed by atoms with E-state index < -0.39 is 5.38 Å². The van der Waals surface area contributed by atoms with Crippen LogP contribution in [0.5, 0.6) is 0 Å². The van der Waals surface area contributed by atoms with Crippen LogP contribution < -0.4 is 0 Å². The summed E-state index contributed by atoms with van der Waals surface area (Å²) in [6.07, 6.45) is 2.09. The van der Waals surface area contributed by atoms with Crippen molar-refractivity contribution in [2.75, 3.05) is 6.54 Å². The first-order chi connectivity index (χ1) is 13.6. The SMILES string of the molecule is CC(C)c1ccc(C2c3cccn3CCN2C(=O)C(Cl)c2ccccc2)cc1. The van der Waals surface area contributed by atoms with Crippen LogP contribution >= 0.6 is 11.6 Å². The van der Waals surface area contributed by atoms with Crippen LogP contribution in [-0.2, 0) is 11.3 Å². The zero-order valence-electron chi connectivity index (χ0n) is 16.3. The van der Waals surface area contributed by atoms with Gasteiger partial charge in [0.1, 0.15) is 5.38 Å². The maximum atomic E-state index is 13.4. The molecule has 0 N–H and O–H groups in total. The van der Waals surface area contributed by atoms with Crippen LogP contribution in [0.1, 0.15) is 53.6 Å². The number of halogens is 1. The summed E-state index contributed by atoms with van der Waals surface area (Å²) in [6.45, 7) is 5.81. The van der Waals surface area contributed by atoms with Gasteiger partial charge in [-0.15, -0.1) is 11.6 Å². The van der Waals surface area contributed by atoms with Gasteiger partial charge in [-0.3, -0.25) is 4.79 Å². The number of hydrogen-bond donors (Lipinski definition) is 0. The molecule has 0 fully saturated rings. The zero-order valence-corrected chi connectivity index (χ0v) is 17.0. The van der Waals surface area contributed by atoms with Crippen molar-refractivity contribution in [1.82, 2.24) is 9.47 Å². The van der Waals surface area contributed by atoms with Gasteiger partial charge in [-0.05, 0) is 34.7 Å². The third kappa shape index (κ3) is 3.47. The fourth-order valence-electron chi connectivity index (χ4n) is 3.94. The van der Waals surface area contributed by atoms with Crippen LogP contribution in [0.15, 0.2) is 72.9 Å². The molecule has 144 valence electrons. The topological polar surface area (TPSA) is 25.2 Å². The summed E-state index contributed by atoms with van der Waals surface area (Å²) in [4.78, 5) is 15.3. The minimum atomic E-state index is -0.680. The van der Waals surface area contributed by atoms with E-state index in [-0.39, 0.29) is 11.9 Å². The van der Waals surface area contributed by atoms with Crippen molar-refractivity contribution in [3.8, 4) is 0 Å². The molecule has 1 aliphatic heterocycles. The van der Waals surface area contributed by atoms with Crippen molar-refractivity contribution >= 4 is 17.5 Å². The molecule has 2 aromatic carbocycles. The highest BCUT2D eigenvalue weighted by Gasteiger charge is 2.35. The van der Waals surface area contributed by atoms with Crippen molar-refractivity contribution in [1.29, 1.82) is 0 Å². The van der Waals surface area contributed by atoms with Crippen LogP contribution in [0.25, 0.3) is 0 Å². The predicted molar refractivity (Wildman–Crippen MR) is 114 cm³/mol. The highest BCUT2D eigenvalue weighted by molar-refractivity contribution is 6.30. The second-order valence-corrected chi connectivity index (χ2v) is 8.09. The number of rotatable bonds is 4. The summed E-state index contributed by atoms with van der Waals surface area (Å²) in [6, 6.07) is 22.3. The Morgan fingerprint density at radius 2 is 1.64 bits per heavy atom. The second kappa shape index (κ2) is 7.84. The Bertz CT molecular complexity index is 946. The van der Waals surface area contributed by atoms with Crippen LogP contribution in [0.4, 0.5) is 0 Å². The lowest BCUT2D eigenvalue weighted by Gasteiger charge is -2.38. The van der Waals surface area contributed by atoms with E-state index in [1.165, 1.54) is 5.56 Å². The molecular weight excluding hydrogens is 368 g/mol. The van der Waals surface area contributed by atoms with Gasteiger partial charge in [-0.25, -0.2) is 0 Å². The predicted octanol–water partition coefficient (Wildman–Crippen LogP) is 5.52. The Hall–Kier alpha value is -2.52. The lowest BCUT2D eigenvalue weighted by molar-refractivity contribution is -0.133. The number of alkyl halides is 1. The van der Waals surface area contributed by atoms with Crippen molar-refractivity contribution < 1.29 is 4.79 Å². The molecule has 4 heteroatoms. The van der Waals surface area contributed by atoms with E-state index in [1.54, 1.807) is 0 Å². The molecule has 0 radical (unpaired) electrons. The number of carbonyl (C=O) groups excluding carboxylic acids is 1. The Labute approximate surface area is 171 Å². The van der Waals surface area contributed by atoms with Gasteiger partial charge in [0.25, 0.3) is 0 Å². The van der Waals surface area contributed by atoms with E-state index in [4.69, 9.17) is 11.6 Å². The Morgan fingerprint density at radius 1 is 0.929 bits per heavy atom. The molecule has 1 amide bonds. The van der Waals surface area contributed by atoms with Crippen molar-refractivity contribution in [3.63, 3.8) is 0 Å². The Balaban J connectivity index is 1.70. The average Bonchev–Trinajstić information content (AvgIpc) is 3.21. The lowest BCUT2D eigenvalue weighted by Crippen LogP contribution is -2.43. The fraction of sp³-hybridized carbons (Fsp3) is 0.292. The van der Waals surface area contributed by atoms with Crippen LogP contribution in [-0.4, -0.2) is 21.9 Å². The molecular formula is C24H25ClN2O. The first kappa shape index (κ1) is 18.8. The number of hydrogen-bond acceptors (Lipinski definition) is 1. The molecule has 4 rings (SSSR count). The largest absolute Gasteiger partial charge is 0.348 e. The maximum absolute atomic E-state index is 13.4. The van der Waals surface area contributed by atoms with E-state index in [2.05, 4.69) is 54.9 Å². The second-order valence-electron chi connectivity index (χ2n) is 7.66. The van der Waals surface area contributed by atoms with Gasteiger partial charge in [0.05, 0.1) is 6.04 Å². The quantitative estimate of drug-likeness (QED) is 0.536. The monoisotopic (exact) mass is 392 g/mol. The van der Waals surface area contributed by atoms with E-state index in [9.17, 15) is 4.79 Å². The molecule has 3 aromatic rings. The smallest absolute Gasteiger partial charge is 0.246 e. The number of nitrogens with zero attached hydrogens (tertiary/aromatic N) is 2. The number of fused-ring (bicyclic) bond motifs is 1. The normalized spacial score (nSPS) is 17.4. The summed E-state index contributed by atoms with van der Waals surface area (Å²) in [5.41, 5.74) is 4.39. The average molecular weight is 393 g/mol. The van der Waals surface area contributed by atoms with Crippen molar-refractivity contribution in [2.45, 2.75) is 37.7 Å². The molecule has 1 aliphatic rings. The summed E-state index contributed by atoms with van der Waals surface area (Å²) >= 11 is 6.61. The molecule has 0 saturated heterocycles. The van der Waals surface area contributed by atoms with Gasteiger partial charge in [0, 0.05) is 25.0 Å². The summed E-state index contributed by atoms with van der Waals surface area (Å²) in [5, 5.41) is -0.680. The van der Waals surface area contributed by atoms with E-state index in [1.807, 2.05) is 41.3 Å². The molecule has 3 nitrogen and oxygen atoms in total. The van der Waals surface area contributed by atoms with Gasteiger partial charge in [0.2, 0.25) is 5.91 Å². The molecule has 0 bridgehead atoms. The highest BCUT2D eigenvalue weighted by Crippen LogP contribution is 2.36. The molecule has 2 heterocycles. The molecule has 2 unspecified atom stereocenters. The van der Waals surface area contributed by atoms with Crippen molar-refractivity contribution in [2.24, 2.45) is 0 Å². The minimum Gasteiger partial charge on any atom is -0.348 e. The lowest BCUT2D eigenvalue weighted by atomic mass is 9.95. The molecule has 2 atom stereocenters.